The molecular formula is C25H27N3O6. The second kappa shape index (κ2) is 9.17. The number of hydrogen-bond donors (Lipinski definition) is 3. The molecule has 1 saturated heterocycles. The molecule has 0 bridgehead atoms. The lowest BCUT2D eigenvalue weighted by Gasteiger charge is -2.27. The fourth-order valence-electron chi connectivity index (χ4n) is 4.47. The van der Waals surface area contributed by atoms with Gasteiger partial charge in [0.1, 0.15) is 6.61 Å². The smallest absolute Gasteiger partial charge is 0.407 e. The summed E-state index contributed by atoms with van der Waals surface area (Å²) in [4.78, 5) is 47.8. The number of carbonyl (C=O) groups excluding carboxylic acids is 3. The number of hydrogen-bond acceptors (Lipinski definition) is 5. The van der Waals surface area contributed by atoms with Gasteiger partial charge in [0.05, 0.1) is 6.42 Å². The number of nitrogens with one attached hydrogen (secondary N) is 2. The van der Waals surface area contributed by atoms with Gasteiger partial charge < -0.3 is 15.2 Å². The second-order valence-corrected chi connectivity index (χ2v) is 9.19. The average molecular weight is 466 g/mol. The molecule has 1 unspecified atom stereocenters. The van der Waals surface area contributed by atoms with E-state index in [1.54, 1.807) is 13.8 Å². The van der Waals surface area contributed by atoms with Gasteiger partial charge in [0.25, 0.3) is 0 Å². The number of nitrogens with zero attached hydrogens (tertiary/aromatic N) is 1. The first-order chi connectivity index (χ1) is 16.2. The molecule has 0 spiro atoms. The van der Waals surface area contributed by atoms with Crippen molar-refractivity contribution in [1.29, 1.82) is 0 Å². The van der Waals surface area contributed by atoms with E-state index in [-0.39, 0.29) is 31.8 Å². The number of rotatable bonds is 7. The number of benzene rings is 2. The third-order valence-corrected chi connectivity index (χ3v) is 6.24. The minimum absolute atomic E-state index is 0.0548. The van der Waals surface area contributed by atoms with Gasteiger partial charge in [-0.15, -0.1) is 0 Å². The summed E-state index contributed by atoms with van der Waals surface area (Å²) < 4.78 is 5.56. The number of carboxylic acid groups (broad SMARTS) is 1. The number of aliphatic carboxylic acids is 1. The first kappa shape index (κ1) is 23.3. The Morgan fingerprint density at radius 2 is 1.68 bits per heavy atom. The molecule has 1 aliphatic heterocycles. The van der Waals surface area contributed by atoms with Gasteiger partial charge in [-0.3, -0.25) is 15.0 Å². The number of carboxylic acids is 1. The van der Waals surface area contributed by atoms with E-state index in [1.165, 1.54) is 0 Å². The quantitative estimate of drug-likeness (QED) is 0.578. The van der Waals surface area contributed by atoms with Crippen molar-refractivity contribution in [3.05, 3.63) is 59.7 Å². The molecule has 0 saturated carbocycles. The van der Waals surface area contributed by atoms with Crippen molar-refractivity contribution in [2.45, 2.75) is 50.6 Å². The maximum Gasteiger partial charge on any atom is 0.407 e. The Balaban J connectivity index is 1.32. The Hall–Kier alpha value is -3.88. The SMILES string of the molecule is CC(C)(CCC(=O)N1NC(=O)CC1C(=O)O)NC(=O)OCC1c2ccccc2-c2ccccc21. The summed E-state index contributed by atoms with van der Waals surface area (Å²) in [5.41, 5.74) is 5.99. The van der Waals surface area contributed by atoms with Crippen LogP contribution in [0.15, 0.2) is 48.5 Å². The molecular weight excluding hydrogens is 438 g/mol. The van der Waals surface area contributed by atoms with Gasteiger partial charge in [-0.25, -0.2) is 14.6 Å². The molecule has 4 rings (SSSR count). The molecule has 0 aromatic heterocycles. The molecule has 2 aromatic carbocycles. The highest BCUT2D eigenvalue weighted by Gasteiger charge is 2.39. The van der Waals surface area contributed by atoms with Crippen molar-refractivity contribution in [2.75, 3.05) is 6.61 Å². The highest BCUT2D eigenvalue weighted by molar-refractivity contribution is 5.93. The normalized spacial score (nSPS) is 17.1. The highest BCUT2D eigenvalue weighted by Crippen LogP contribution is 2.44. The van der Waals surface area contributed by atoms with E-state index in [9.17, 15) is 24.3 Å². The minimum atomic E-state index is -1.25. The maximum atomic E-state index is 12.6. The van der Waals surface area contributed by atoms with Crippen LogP contribution in [-0.2, 0) is 19.1 Å². The van der Waals surface area contributed by atoms with Gasteiger partial charge in [0, 0.05) is 17.9 Å². The molecule has 2 aliphatic rings. The Labute approximate surface area is 197 Å². The zero-order valence-electron chi connectivity index (χ0n) is 19.0. The molecule has 0 radical (unpaired) electrons. The van der Waals surface area contributed by atoms with Gasteiger partial charge in [0.2, 0.25) is 11.8 Å². The van der Waals surface area contributed by atoms with E-state index in [2.05, 4.69) is 22.9 Å². The standard InChI is InChI=1S/C25H27N3O6/c1-25(2,12-11-22(30)28-20(23(31)32)13-21(29)27-28)26-24(33)34-14-19-17-9-5-3-7-15(17)16-8-4-6-10-18(16)19/h3-10,19-20H,11-14H2,1-2H3,(H,26,33)(H,27,29)(H,31,32). The van der Waals surface area contributed by atoms with Gasteiger partial charge in [-0.1, -0.05) is 48.5 Å². The Morgan fingerprint density at radius 1 is 1.09 bits per heavy atom. The van der Waals surface area contributed by atoms with Crippen LogP contribution in [0.3, 0.4) is 0 Å². The van der Waals surface area contributed by atoms with Gasteiger partial charge in [0.15, 0.2) is 6.04 Å². The summed E-state index contributed by atoms with van der Waals surface area (Å²) in [7, 11) is 0. The van der Waals surface area contributed by atoms with Crippen LogP contribution in [0.4, 0.5) is 4.79 Å². The van der Waals surface area contributed by atoms with Crippen molar-refractivity contribution in [3.8, 4) is 11.1 Å². The zero-order chi connectivity index (χ0) is 24.5. The molecule has 1 atom stereocenters. The molecule has 1 aliphatic carbocycles. The largest absolute Gasteiger partial charge is 0.480 e. The number of ether oxygens (including phenoxy) is 1. The van der Waals surface area contributed by atoms with E-state index in [1.807, 2.05) is 36.4 Å². The number of carbonyl (C=O) groups is 4. The summed E-state index contributed by atoms with van der Waals surface area (Å²) in [6, 6.07) is 14.9. The van der Waals surface area contributed by atoms with E-state index >= 15 is 0 Å². The average Bonchev–Trinajstić information content (AvgIpc) is 3.34. The first-order valence-corrected chi connectivity index (χ1v) is 11.1. The number of hydrazine groups is 1. The van der Waals surface area contributed by atoms with Crippen molar-refractivity contribution in [1.82, 2.24) is 15.8 Å². The van der Waals surface area contributed by atoms with Crippen molar-refractivity contribution in [3.63, 3.8) is 0 Å². The molecule has 9 nitrogen and oxygen atoms in total. The maximum absolute atomic E-state index is 12.6. The predicted molar refractivity (Wildman–Crippen MR) is 123 cm³/mol. The first-order valence-electron chi connectivity index (χ1n) is 11.1. The highest BCUT2D eigenvalue weighted by atomic mass is 16.5. The van der Waals surface area contributed by atoms with Gasteiger partial charge in [-0.2, -0.15) is 0 Å². The number of amides is 3. The lowest BCUT2D eigenvalue weighted by molar-refractivity contribution is -0.150. The monoisotopic (exact) mass is 465 g/mol. The van der Waals surface area contributed by atoms with Crippen molar-refractivity contribution < 1.29 is 29.0 Å². The topological polar surface area (TPSA) is 125 Å². The van der Waals surface area contributed by atoms with E-state index in [0.29, 0.717) is 0 Å². The lowest BCUT2D eigenvalue weighted by atomic mass is 9.98. The molecule has 9 heteroatoms. The lowest BCUT2D eigenvalue weighted by Crippen LogP contribution is -2.48. The fourth-order valence-corrected chi connectivity index (χ4v) is 4.47. The van der Waals surface area contributed by atoms with Crippen LogP contribution in [0.1, 0.15) is 50.2 Å². The van der Waals surface area contributed by atoms with Crippen LogP contribution in [0.5, 0.6) is 0 Å². The molecule has 3 N–H and O–H groups in total. The number of fused-ring (bicyclic) bond motifs is 3. The van der Waals surface area contributed by atoms with Gasteiger partial charge >= 0.3 is 12.1 Å². The molecule has 34 heavy (non-hydrogen) atoms. The van der Waals surface area contributed by atoms with Crippen LogP contribution in [0, 0.1) is 0 Å². The third-order valence-electron chi connectivity index (χ3n) is 6.24. The van der Waals surface area contributed by atoms with Crippen LogP contribution in [-0.4, -0.2) is 52.2 Å². The Morgan fingerprint density at radius 3 is 2.26 bits per heavy atom. The Kier molecular flexibility index (Phi) is 6.28. The van der Waals surface area contributed by atoms with Crippen molar-refractivity contribution in [2.24, 2.45) is 0 Å². The van der Waals surface area contributed by atoms with E-state index < -0.39 is 35.5 Å². The van der Waals surface area contributed by atoms with Gasteiger partial charge in [-0.05, 0) is 42.5 Å². The zero-order valence-corrected chi connectivity index (χ0v) is 19.0. The summed E-state index contributed by atoms with van der Waals surface area (Å²) in [5.74, 6) is -2.35. The molecule has 178 valence electrons. The molecule has 1 heterocycles. The summed E-state index contributed by atoms with van der Waals surface area (Å²) >= 11 is 0. The van der Waals surface area contributed by atoms with Crippen LogP contribution in [0.2, 0.25) is 0 Å². The predicted octanol–water partition coefficient (Wildman–Crippen LogP) is 2.80. The van der Waals surface area contributed by atoms with Crippen molar-refractivity contribution >= 4 is 23.9 Å². The van der Waals surface area contributed by atoms with Crippen LogP contribution in [0.25, 0.3) is 11.1 Å². The second-order valence-electron chi connectivity index (χ2n) is 9.19. The molecule has 3 amide bonds. The van der Waals surface area contributed by atoms with E-state index in [0.717, 1.165) is 27.3 Å². The molecule has 1 fully saturated rings. The summed E-state index contributed by atoms with van der Waals surface area (Å²) in [6.45, 7) is 3.67. The Bertz CT molecular complexity index is 1100. The fraction of sp³-hybridized carbons (Fsp3) is 0.360. The minimum Gasteiger partial charge on any atom is -0.480 e. The van der Waals surface area contributed by atoms with Crippen LogP contribution >= 0.6 is 0 Å². The van der Waals surface area contributed by atoms with Crippen LogP contribution < -0.4 is 10.7 Å². The summed E-state index contributed by atoms with van der Waals surface area (Å²) in [5, 5.41) is 12.8. The third kappa shape index (κ3) is 4.73. The van der Waals surface area contributed by atoms with E-state index in [4.69, 9.17) is 4.74 Å². The number of alkyl carbamates (subject to hydrolysis) is 1. The molecule has 2 aromatic rings. The summed E-state index contributed by atoms with van der Waals surface area (Å²) in [6.07, 6.45) is -0.699.